The van der Waals surface area contributed by atoms with Crippen LogP contribution in [0.4, 0.5) is 20.6 Å². The van der Waals surface area contributed by atoms with Crippen LogP contribution in [-0.2, 0) is 19.8 Å². The zero-order valence-electron chi connectivity index (χ0n) is 19.2. The molecule has 0 fully saturated rings. The summed E-state index contributed by atoms with van der Waals surface area (Å²) in [7, 11) is 3.76. The van der Waals surface area contributed by atoms with Gasteiger partial charge in [0.15, 0.2) is 0 Å². The number of halogens is 2. The summed E-state index contributed by atoms with van der Waals surface area (Å²) in [5.41, 5.74) is 9.15. The van der Waals surface area contributed by atoms with Crippen LogP contribution in [-0.4, -0.2) is 47.3 Å². The largest absolute Gasteiger partial charge is 0.378 e. The van der Waals surface area contributed by atoms with E-state index in [0.717, 1.165) is 5.69 Å². The Morgan fingerprint density at radius 2 is 2.03 bits per heavy atom. The van der Waals surface area contributed by atoms with Crippen molar-refractivity contribution in [1.82, 2.24) is 14.7 Å². The number of aromatic nitrogens is 2. The molecule has 11 heteroatoms. The van der Waals surface area contributed by atoms with Crippen LogP contribution in [0, 0.1) is 11.3 Å². The van der Waals surface area contributed by atoms with Gasteiger partial charge in [0.2, 0.25) is 0 Å². The molecule has 3 amide bonds. The minimum absolute atomic E-state index is 0.102. The number of alkyl halides is 1. The first-order chi connectivity index (χ1) is 16.7. The molecule has 0 saturated carbocycles. The molecule has 0 radical (unpaired) electrons. The topological polar surface area (TPSA) is 120 Å². The zero-order valence-corrected chi connectivity index (χ0v) is 19.9. The van der Waals surface area contributed by atoms with Crippen LogP contribution in [0.15, 0.2) is 36.4 Å². The number of amides is 3. The maximum Gasteiger partial charge on any atom is 0.322 e. The van der Waals surface area contributed by atoms with Gasteiger partial charge in [-0.1, -0.05) is 11.6 Å². The van der Waals surface area contributed by atoms with Gasteiger partial charge in [0.1, 0.15) is 12.4 Å². The number of carbonyl (C=O) groups is 2. The molecule has 2 heterocycles. The predicted octanol–water partition coefficient (Wildman–Crippen LogP) is 3.76. The van der Waals surface area contributed by atoms with Gasteiger partial charge in [0, 0.05) is 48.2 Å². The maximum atomic E-state index is 13.2. The van der Waals surface area contributed by atoms with Gasteiger partial charge in [-0.15, -0.1) is 0 Å². The predicted molar refractivity (Wildman–Crippen MR) is 131 cm³/mol. The smallest absolute Gasteiger partial charge is 0.322 e. The standard InChI is InChI=1S/C24H23ClFN7O2/c1-31(2)19-9-15(7-17(25)10-19)22-21(23(28)34)20-13-32(5-6-33(20)30-22)24(35)29-18-4-3-14(12-27)16(8-18)11-26/h3-4,7-10H,5-6,11,13H2,1-2H3,(H2,28,34)(H,29,35). The quantitative estimate of drug-likeness (QED) is 0.558. The summed E-state index contributed by atoms with van der Waals surface area (Å²) in [6.45, 7) is -0.0279. The first kappa shape index (κ1) is 24.0. The number of nitrogens with zero attached hydrogens (tertiary/aromatic N) is 5. The van der Waals surface area contributed by atoms with Crippen LogP contribution in [0.5, 0.6) is 0 Å². The number of urea groups is 1. The number of anilines is 2. The molecule has 0 unspecified atom stereocenters. The molecule has 35 heavy (non-hydrogen) atoms. The molecule has 0 saturated heterocycles. The normalized spacial score (nSPS) is 12.6. The van der Waals surface area contributed by atoms with Crippen molar-refractivity contribution < 1.29 is 14.0 Å². The Kier molecular flexibility index (Phi) is 6.62. The second-order valence-corrected chi connectivity index (χ2v) is 8.76. The van der Waals surface area contributed by atoms with Gasteiger partial charge in [-0.3, -0.25) is 9.48 Å². The van der Waals surface area contributed by atoms with Gasteiger partial charge in [-0.2, -0.15) is 10.4 Å². The van der Waals surface area contributed by atoms with E-state index in [4.69, 9.17) is 22.6 Å². The average Bonchev–Trinajstić information content (AvgIpc) is 3.22. The Morgan fingerprint density at radius 1 is 1.26 bits per heavy atom. The molecule has 3 aromatic rings. The number of hydrogen-bond donors (Lipinski definition) is 2. The van der Waals surface area contributed by atoms with Gasteiger partial charge in [0.25, 0.3) is 5.91 Å². The minimum atomic E-state index is -0.820. The molecule has 9 nitrogen and oxygen atoms in total. The highest BCUT2D eigenvalue weighted by atomic mass is 35.5. The van der Waals surface area contributed by atoms with E-state index in [9.17, 15) is 14.0 Å². The third-order valence-corrected chi connectivity index (χ3v) is 6.03. The highest BCUT2D eigenvalue weighted by Crippen LogP contribution is 2.33. The highest BCUT2D eigenvalue weighted by Gasteiger charge is 2.30. The van der Waals surface area contributed by atoms with Gasteiger partial charge in [-0.05, 0) is 36.4 Å². The van der Waals surface area contributed by atoms with Crippen molar-refractivity contribution in [2.75, 3.05) is 30.9 Å². The molecule has 0 aliphatic carbocycles. The number of nitrogens with two attached hydrogens (primary N) is 1. The summed E-state index contributed by atoms with van der Waals surface area (Å²) >= 11 is 6.31. The first-order valence-electron chi connectivity index (χ1n) is 10.7. The molecular formula is C24H23ClFN7O2. The van der Waals surface area contributed by atoms with Crippen molar-refractivity contribution in [1.29, 1.82) is 5.26 Å². The van der Waals surface area contributed by atoms with E-state index in [1.54, 1.807) is 16.8 Å². The molecule has 0 spiro atoms. The highest BCUT2D eigenvalue weighted by molar-refractivity contribution is 6.31. The lowest BCUT2D eigenvalue weighted by Crippen LogP contribution is -2.41. The fourth-order valence-electron chi connectivity index (χ4n) is 4.01. The van der Waals surface area contributed by atoms with E-state index in [-0.39, 0.29) is 23.2 Å². The number of hydrogen-bond acceptors (Lipinski definition) is 5. The second kappa shape index (κ2) is 9.64. The van der Waals surface area contributed by atoms with E-state index in [2.05, 4.69) is 10.4 Å². The third-order valence-electron chi connectivity index (χ3n) is 5.81. The summed E-state index contributed by atoms with van der Waals surface area (Å²) in [5.74, 6) is -0.658. The van der Waals surface area contributed by atoms with E-state index in [0.29, 0.717) is 40.8 Å². The fraction of sp³-hybridized carbons (Fsp3) is 0.250. The number of rotatable bonds is 5. The van der Waals surface area contributed by atoms with E-state index < -0.39 is 18.6 Å². The Bertz CT molecular complexity index is 1360. The lowest BCUT2D eigenvalue weighted by Gasteiger charge is -2.28. The molecular weight excluding hydrogens is 473 g/mol. The van der Waals surface area contributed by atoms with Gasteiger partial charge < -0.3 is 20.9 Å². The SMILES string of the molecule is CN(C)c1cc(Cl)cc(-c2nn3c(c2C(N)=O)CN(C(=O)Nc2ccc(C#N)c(CF)c2)CC3)c1. The number of carbonyl (C=O) groups excluding carboxylic acids is 2. The summed E-state index contributed by atoms with van der Waals surface area (Å²) in [6.07, 6.45) is 0. The lowest BCUT2D eigenvalue weighted by molar-refractivity contribution is 0.0997. The summed E-state index contributed by atoms with van der Waals surface area (Å²) in [5, 5.41) is 16.9. The van der Waals surface area contributed by atoms with Crippen LogP contribution in [0.25, 0.3) is 11.3 Å². The van der Waals surface area contributed by atoms with Crippen LogP contribution in [0.2, 0.25) is 5.02 Å². The Labute approximate surface area is 206 Å². The summed E-state index contributed by atoms with van der Waals surface area (Å²) < 4.78 is 14.9. The number of fused-ring (bicyclic) bond motifs is 1. The molecule has 0 atom stereocenters. The molecule has 3 N–H and O–H groups in total. The Morgan fingerprint density at radius 3 is 2.69 bits per heavy atom. The fourth-order valence-corrected chi connectivity index (χ4v) is 4.24. The van der Waals surface area contributed by atoms with E-state index >= 15 is 0 Å². The van der Waals surface area contributed by atoms with Crippen molar-refractivity contribution in [3.8, 4) is 17.3 Å². The van der Waals surface area contributed by atoms with Gasteiger partial charge in [-0.25, -0.2) is 9.18 Å². The molecule has 2 aromatic carbocycles. The molecule has 4 rings (SSSR count). The number of nitrogens with one attached hydrogen (secondary N) is 1. The van der Waals surface area contributed by atoms with Crippen molar-refractivity contribution >= 4 is 34.9 Å². The molecule has 1 aliphatic heterocycles. The van der Waals surface area contributed by atoms with Crippen molar-refractivity contribution in [2.24, 2.45) is 5.73 Å². The Balaban J connectivity index is 1.63. The third kappa shape index (κ3) is 4.76. The average molecular weight is 496 g/mol. The van der Waals surface area contributed by atoms with Crippen LogP contribution in [0.3, 0.4) is 0 Å². The molecule has 0 bridgehead atoms. The maximum absolute atomic E-state index is 13.2. The minimum Gasteiger partial charge on any atom is -0.378 e. The van der Waals surface area contributed by atoms with Crippen LogP contribution < -0.4 is 16.0 Å². The Hall–Kier alpha value is -4.10. The van der Waals surface area contributed by atoms with E-state index in [1.165, 1.54) is 23.1 Å². The second-order valence-electron chi connectivity index (χ2n) is 8.32. The first-order valence-corrected chi connectivity index (χ1v) is 11.1. The summed E-state index contributed by atoms with van der Waals surface area (Å²) in [4.78, 5) is 28.8. The zero-order chi connectivity index (χ0) is 25.3. The van der Waals surface area contributed by atoms with E-state index in [1.807, 2.05) is 31.1 Å². The van der Waals surface area contributed by atoms with Crippen molar-refractivity contribution in [3.05, 3.63) is 63.8 Å². The number of benzene rings is 2. The van der Waals surface area contributed by atoms with Crippen LogP contribution in [0.1, 0.15) is 27.2 Å². The van der Waals surface area contributed by atoms with Crippen molar-refractivity contribution in [2.45, 2.75) is 19.8 Å². The molecule has 1 aromatic heterocycles. The van der Waals surface area contributed by atoms with Gasteiger partial charge >= 0.3 is 6.03 Å². The number of nitriles is 1. The number of primary amides is 1. The van der Waals surface area contributed by atoms with Crippen LogP contribution >= 0.6 is 11.6 Å². The lowest BCUT2D eigenvalue weighted by atomic mass is 10.0. The monoisotopic (exact) mass is 495 g/mol. The van der Waals surface area contributed by atoms with Crippen molar-refractivity contribution in [3.63, 3.8) is 0 Å². The molecule has 1 aliphatic rings. The van der Waals surface area contributed by atoms with Gasteiger partial charge in [0.05, 0.1) is 36.0 Å². The molecule has 180 valence electrons. The summed E-state index contributed by atoms with van der Waals surface area (Å²) in [6, 6.07) is 11.3.